The van der Waals surface area contributed by atoms with E-state index < -0.39 is 5.91 Å². The fourth-order valence-electron chi connectivity index (χ4n) is 1.95. The van der Waals surface area contributed by atoms with Crippen LogP contribution < -0.4 is 16.8 Å². The van der Waals surface area contributed by atoms with Crippen LogP contribution in [0, 0.1) is 0 Å². The van der Waals surface area contributed by atoms with Gasteiger partial charge in [-0.25, -0.2) is 0 Å². The maximum absolute atomic E-state index is 11.2. The Kier molecular flexibility index (Phi) is 4.25. The molecule has 0 heterocycles. The van der Waals surface area contributed by atoms with Crippen LogP contribution >= 0.6 is 0 Å². The number of carbonyl (C=O) groups excluding carboxylic acids is 1. The highest BCUT2D eigenvalue weighted by Crippen LogP contribution is 2.20. The van der Waals surface area contributed by atoms with Crippen molar-refractivity contribution in [2.75, 3.05) is 11.1 Å². The lowest BCUT2D eigenvalue weighted by atomic mass is 10.1. The van der Waals surface area contributed by atoms with E-state index in [1.165, 1.54) is 5.56 Å². The van der Waals surface area contributed by atoms with Gasteiger partial charge in [-0.15, -0.1) is 0 Å². The predicted octanol–water partition coefficient (Wildman–Crippen LogP) is 2.54. The molecule has 0 unspecified atom stereocenters. The lowest BCUT2D eigenvalue weighted by Crippen LogP contribution is -2.12. The lowest BCUT2D eigenvalue weighted by molar-refractivity contribution is 0.100. The number of rotatable bonds is 5. The highest BCUT2D eigenvalue weighted by atomic mass is 16.1. The van der Waals surface area contributed by atoms with Gasteiger partial charge >= 0.3 is 0 Å². The summed E-state index contributed by atoms with van der Waals surface area (Å²) in [7, 11) is 0. The van der Waals surface area contributed by atoms with Crippen LogP contribution in [0.5, 0.6) is 0 Å². The van der Waals surface area contributed by atoms with E-state index in [4.69, 9.17) is 11.5 Å². The van der Waals surface area contributed by atoms with E-state index in [9.17, 15) is 4.79 Å². The van der Waals surface area contributed by atoms with Gasteiger partial charge in [-0.2, -0.15) is 0 Å². The molecule has 0 aliphatic carbocycles. The molecule has 0 aromatic heterocycles. The van der Waals surface area contributed by atoms with E-state index in [0.717, 1.165) is 17.7 Å². The zero-order chi connectivity index (χ0) is 14.5. The second kappa shape index (κ2) is 6.10. The van der Waals surface area contributed by atoms with Gasteiger partial charge in [-0.05, 0) is 35.7 Å². The van der Waals surface area contributed by atoms with Crippen LogP contribution in [0.2, 0.25) is 0 Å². The molecule has 0 bridgehead atoms. The molecule has 0 aliphatic heterocycles. The fourth-order valence-corrected chi connectivity index (χ4v) is 1.95. The van der Waals surface area contributed by atoms with Gasteiger partial charge < -0.3 is 16.8 Å². The summed E-state index contributed by atoms with van der Waals surface area (Å²) in [5.41, 5.74) is 15.4. The van der Waals surface area contributed by atoms with E-state index in [1.807, 2.05) is 0 Å². The predicted molar refractivity (Wildman–Crippen MR) is 82.5 cm³/mol. The number of nitrogen functional groups attached to an aromatic ring is 1. The minimum atomic E-state index is -0.458. The summed E-state index contributed by atoms with van der Waals surface area (Å²) in [6.07, 6.45) is 1.03. The molecule has 2 aromatic rings. The van der Waals surface area contributed by atoms with Gasteiger partial charge in [-0.1, -0.05) is 31.2 Å². The number of nitrogens with two attached hydrogens (primary N) is 2. The van der Waals surface area contributed by atoms with Crippen molar-refractivity contribution in [3.05, 3.63) is 59.2 Å². The Hall–Kier alpha value is -2.49. The van der Waals surface area contributed by atoms with Gasteiger partial charge in [0.15, 0.2) is 0 Å². The molecule has 2 aromatic carbocycles. The maximum atomic E-state index is 11.2. The molecular weight excluding hydrogens is 250 g/mol. The normalized spacial score (nSPS) is 10.2. The summed E-state index contributed by atoms with van der Waals surface area (Å²) in [6, 6.07) is 13.4. The molecule has 0 atom stereocenters. The molecule has 2 rings (SSSR count). The van der Waals surface area contributed by atoms with E-state index >= 15 is 0 Å². The van der Waals surface area contributed by atoms with Crippen molar-refractivity contribution >= 4 is 17.3 Å². The third-order valence-corrected chi connectivity index (χ3v) is 3.25. The molecular formula is C16H19N3O. The first-order chi connectivity index (χ1) is 9.60. The summed E-state index contributed by atoms with van der Waals surface area (Å²) in [4.78, 5) is 11.2. The number of benzene rings is 2. The smallest absolute Gasteiger partial charge is 0.248 e. The Labute approximate surface area is 118 Å². The van der Waals surface area contributed by atoms with Crippen LogP contribution in [0.4, 0.5) is 11.4 Å². The zero-order valence-electron chi connectivity index (χ0n) is 11.5. The number of carbonyl (C=O) groups is 1. The second-order valence-electron chi connectivity index (χ2n) is 4.69. The van der Waals surface area contributed by atoms with Crippen LogP contribution in [0.3, 0.4) is 0 Å². The SMILES string of the molecule is CCc1ccc(CNc2cc(C(N)=O)ccc2N)cc1. The molecule has 0 fully saturated rings. The molecule has 0 spiro atoms. The number of anilines is 2. The van der Waals surface area contributed by atoms with E-state index in [-0.39, 0.29) is 0 Å². The number of amides is 1. The van der Waals surface area contributed by atoms with Gasteiger partial charge in [0.25, 0.3) is 0 Å². The van der Waals surface area contributed by atoms with Crippen molar-refractivity contribution in [3.8, 4) is 0 Å². The molecule has 5 N–H and O–H groups in total. The number of hydrogen-bond acceptors (Lipinski definition) is 3. The molecule has 0 saturated carbocycles. The maximum Gasteiger partial charge on any atom is 0.248 e. The van der Waals surface area contributed by atoms with Gasteiger partial charge in [0.05, 0.1) is 11.4 Å². The van der Waals surface area contributed by atoms with Crippen LogP contribution in [0.25, 0.3) is 0 Å². The van der Waals surface area contributed by atoms with E-state index in [0.29, 0.717) is 17.8 Å². The third kappa shape index (κ3) is 3.29. The number of hydrogen-bond donors (Lipinski definition) is 3. The molecule has 0 saturated heterocycles. The van der Waals surface area contributed by atoms with Crippen LogP contribution in [0.15, 0.2) is 42.5 Å². The van der Waals surface area contributed by atoms with Crippen LogP contribution in [0.1, 0.15) is 28.4 Å². The lowest BCUT2D eigenvalue weighted by Gasteiger charge is -2.11. The molecule has 4 heteroatoms. The highest BCUT2D eigenvalue weighted by molar-refractivity contribution is 5.94. The van der Waals surface area contributed by atoms with Gasteiger partial charge in [0.2, 0.25) is 5.91 Å². The average molecular weight is 269 g/mol. The molecule has 0 radical (unpaired) electrons. The van der Waals surface area contributed by atoms with Crippen molar-refractivity contribution in [2.45, 2.75) is 19.9 Å². The molecule has 20 heavy (non-hydrogen) atoms. The van der Waals surface area contributed by atoms with Crippen molar-refractivity contribution in [2.24, 2.45) is 5.73 Å². The number of nitrogens with one attached hydrogen (secondary N) is 1. The van der Waals surface area contributed by atoms with Gasteiger partial charge in [0, 0.05) is 12.1 Å². The van der Waals surface area contributed by atoms with Crippen molar-refractivity contribution in [1.29, 1.82) is 0 Å². The molecule has 1 amide bonds. The fraction of sp³-hybridized carbons (Fsp3) is 0.188. The minimum absolute atomic E-state index is 0.447. The summed E-state index contributed by atoms with van der Waals surface area (Å²) >= 11 is 0. The first-order valence-electron chi connectivity index (χ1n) is 6.61. The van der Waals surface area contributed by atoms with Gasteiger partial charge in [-0.3, -0.25) is 4.79 Å². The Morgan fingerprint density at radius 1 is 1.10 bits per heavy atom. The highest BCUT2D eigenvalue weighted by Gasteiger charge is 2.05. The van der Waals surface area contributed by atoms with E-state index in [2.05, 4.69) is 36.5 Å². The van der Waals surface area contributed by atoms with Crippen LogP contribution in [-0.4, -0.2) is 5.91 Å². The minimum Gasteiger partial charge on any atom is -0.397 e. The Balaban J connectivity index is 2.09. The first kappa shape index (κ1) is 13.9. The van der Waals surface area contributed by atoms with Crippen LogP contribution in [-0.2, 0) is 13.0 Å². The Morgan fingerprint density at radius 2 is 1.75 bits per heavy atom. The molecule has 0 aliphatic rings. The summed E-state index contributed by atoms with van der Waals surface area (Å²) in [6.45, 7) is 2.78. The third-order valence-electron chi connectivity index (χ3n) is 3.25. The summed E-state index contributed by atoms with van der Waals surface area (Å²) in [5, 5.41) is 3.23. The van der Waals surface area contributed by atoms with E-state index in [1.54, 1.807) is 18.2 Å². The number of primary amides is 1. The average Bonchev–Trinajstić information content (AvgIpc) is 2.46. The standard InChI is InChI=1S/C16H19N3O/c1-2-11-3-5-12(6-4-11)10-19-15-9-13(16(18)20)7-8-14(15)17/h3-9,19H,2,10,17H2,1H3,(H2,18,20). The summed E-state index contributed by atoms with van der Waals surface area (Å²) < 4.78 is 0. The molecule has 4 nitrogen and oxygen atoms in total. The Bertz CT molecular complexity index is 606. The summed E-state index contributed by atoms with van der Waals surface area (Å²) in [5.74, 6) is -0.458. The quantitative estimate of drug-likeness (QED) is 0.730. The van der Waals surface area contributed by atoms with Crippen molar-refractivity contribution < 1.29 is 4.79 Å². The zero-order valence-corrected chi connectivity index (χ0v) is 11.5. The largest absolute Gasteiger partial charge is 0.397 e. The topological polar surface area (TPSA) is 81.1 Å². The monoisotopic (exact) mass is 269 g/mol. The molecule has 104 valence electrons. The van der Waals surface area contributed by atoms with Crippen molar-refractivity contribution in [1.82, 2.24) is 0 Å². The van der Waals surface area contributed by atoms with Crippen molar-refractivity contribution in [3.63, 3.8) is 0 Å². The first-order valence-corrected chi connectivity index (χ1v) is 6.61. The number of aryl methyl sites for hydroxylation is 1. The second-order valence-corrected chi connectivity index (χ2v) is 4.69. The van der Waals surface area contributed by atoms with Gasteiger partial charge in [0.1, 0.15) is 0 Å². The Morgan fingerprint density at radius 3 is 2.35 bits per heavy atom.